The van der Waals surface area contributed by atoms with E-state index in [1.54, 1.807) is 0 Å². The predicted octanol–water partition coefficient (Wildman–Crippen LogP) is 3.18. The Hall–Kier alpha value is -2.85. The molecular formula is C28H34N6O2S. The number of aromatic nitrogens is 1. The molecule has 4 aliphatic rings. The van der Waals surface area contributed by atoms with Crippen molar-refractivity contribution in [2.45, 2.75) is 25.4 Å². The number of piperazine rings is 1. The van der Waals surface area contributed by atoms with Gasteiger partial charge in [-0.05, 0) is 37.1 Å². The number of nitrogens with zero attached hydrogens (tertiary/aromatic N) is 4. The van der Waals surface area contributed by atoms with Crippen LogP contribution in [0.1, 0.15) is 33.6 Å². The summed E-state index contributed by atoms with van der Waals surface area (Å²) >= 11 is 1.84. The highest BCUT2D eigenvalue weighted by atomic mass is 32.1. The predicted molar refractivity (Wildman–Crippen MR) is 147 cm³/mol. The third kappa shape index (κ3) is 4.54. The van der Waals surface area contributed by atoms with E-state index < -0.39 is 5.91 Å². The lowest BCUT2D eigenvalue weighted by Gasteiger charge is -2.40. The van der Waals surface area contributed by atoms with Crippen LogP contribution in [0.15, 0.2) is 36.7 Å². The third-order valence-corrected chi connectivity index (χ3v) is 9.31. The van der Waals surface area contributed by atoms with Crippen molar-refractivity contribution in [2.24, 2.45) is 5.73 Å². The lowest BCUT2D eigenvalue weighted by atomic mass is 10.0. The van der Waals surface area contributed by atoms with Gasteiger partial charge in [0.2, 0.25) is 5.91 Å². The molecule has 1 amide bonds. The molecule has 3 aliphatic heterocycles. The smallest absolute Gasteiger partial charge is 0.248 e. The molecule has 3 aromatic rings. The number of thiophene rings is 1. The van der Waals surface area contributed by atoms with E-state index in [9.17, 15) is 4.79 Å². The molecule has 3 fully saturated rings. The van der Waals surface area contributed by atoms with E-state index in [0.29, 0.717) is 5.56 Å². The van der Waals surface area contributed by atoms with E-state index in [1.165, 1.54) is 46.9 Å². The molecule has 5 heterocycles. The standard InChI is InChI=1S/C28H34N6O2S/c29-28(35)19-13-22(21-3-4-30-24(21)14-19)26-15-23-25(34-9-11-36-12-10-34)16-32(17-27(23)37-26)18-31-5-7-33(8-6-31)20-1-2-20/h3-4,13-16,20,30H,1-2,5-12,17-18H2,(H2,29,35). The number of aromatic amines is 1. The topological polar surface area (TPSA) is 81.1 Å². The summed E-state index contributed by atoms with van der Waals surface area (Å²) in [6.45, 7) is 9.86. The molecule has 0 unspecified atom stereocenters. The number of amides is 1. The van der Waals surface area contributed by atoms with Crippen molar-refractivity contribution in [1.82, 2.24) is 24.6 Å². The molecule has 7 rings (SSSR count). The fourth-order valence-electron chi connectivity index (χ4n) is 5.99. The first-order chi connectivity index (χ1) is 18.1. The van der Waals surface area contributed by atoms with Crippen LogP contribution in [0, 0.1) is 0 Å². The number of fused-ring (bicyclic) bond motifs is 2. The average molecular weight is 519 g/mol. The molecule has 0 bridgehead atoms. The van der Waals surface area contributed by atoms with E-state index in [0.717, 1.165) is 75.1 Å². The summed E-state index contributed by atoms with van der Waals surface area (Å²) in [5.41, 5.74) is 10.8. The Bertz CT molecular complexity index is 1340. The number of nitrogens with two attached hydrogens (primary N) is 1. The SMILES string of the molecule is NC(=O)c1cc(-c2cc3c(s2)CN(CN2CCN(C4CC4)CC2)C=C3N2CCOCC2)c2cc[nH]c2c1. The van der Waals surface area contributed by atoms with Crippen molar-refractivity contribution in [3.8, 4) is 10.4 Å². The summed E-state index contributed by atoms with van der Waals surface area (Å²) in [5.74, 6) is -0.402. The van der Waals surface area contributed by atoms with Gasteiger partial charge in [-0.15, -0.1) is 11.3 Å². The molecule has 1 aliphatic carbocycles. The summed E-state index contributed by atoms with van der Waals surface area (Å²) in [7, 11) is 0. The van der Waals surface area contributed by atoms with Crippen molar-refractivity contribution in [1.29, 1.82) is 0 Å². The van der Waals surface area contributed by atoms with Crippen molar-refractivity contribution >= 4 is 33.8 Å². The second-order valence-corrected chi connectivity index (χ2v) is 11.8. The molecule has 1 saturated carbocycles. The van der Waals surface area contributed by atoms with E-state index in [2.05, 4.69) is 42.9 Å². The lowest BCUT2D eigenvalue weighted by Crippen LogP contribution is -2.50. The fourth-order valence-corrected chi connectivity index (χ4v) is 7.22. The minimum absolute atomic E-state index is 0.402. The van der Waals surface area contributed by atoms with Gasteiger partial charge in [0, 0.05) is 95.1 Å². The third-order valence-electron chi connectivity index (χ3n) is 8.16. The number of hydrogen-bond donors (Lipinski definition) is 2. The van der Waals surface area contributed by atoms with Crippen LogP contribution >= 0.6 is 11.3 Å². The van der Waals surface area contributed by atoms with Gasteiger partial charge in [0.25, 0.3) is 0 Å². The molecule has 1 aromatic carbocycles. The number of nitrogens with one attached hydrogen (secondary N) is 1. The van der Waals surface area contributed by atoms with Crippen molar-refractivity contribution in [3.63, 3.8) is 0 Å². The molecule has 3 N–H and O–H groups in total. The molecule has 8 nitrogen and oxygen atoms in total. The molecule has 2 aromatic heterocycles. The summed E-state index contributed by atoms with van der Waals surface area (Å²) < 4.78 is 5.67. The molecule has 9 heteroatoms. The van der Waals surface area contributed by atoms with Gasteiger partial charge in [-0.1, -0.05) is 0 Å². The number of benzene rings is 1. The Balaban J connectivity index is 1.20. The zero-order valence-corrected chi connectivity index (χ0v) is 21.9. The fraction of sp³-hybridized carbons (Fsp3) is 0.464. The van der Waals surface area contributed by atoms with Crippen LogP contribution < -0.4 is 5.73 Å². The van der Waals surface area contributed by atoms with Crippen LogP contribution in [0.3, 0.4) is 0 Å². The first-order valence-electron chi connectivity index (χ1n) is 13.4. The molecule has 194 valence electrons. The van der Waals surface area contributed by atoms with Gasteiger partial charge in [0.15, 0.2) is 0 Å². The van der Waals surface area contributed by atoms with E-state index in [4.69, 9.17) is 10.5 Å². The zero-order chi connectivity index (χ0) is 24.9. The quantitative estimate of drug-likeness (QED) is 0.522. The number of hydrogen-bond acceptors (Lipinski definition) is 7. The monoisotopic (exact) mass is 518 g/mol. The normalized spacial score (nSPS) is 21.4. The second kappa shape index (κ2) is 9.47. The van der Waals surface area contributed by atoms with Crippen LogP contribution in [0.5, 0.6) is 0 Å². The van der Waals surface area contributed by atoms with Crippen LogP contribution in [0.25, 0.3) is 27.0 Å². The van der Waals surface area contributed by atoms with Crippen molar-refractivity contribution in [2.75, 3.05) is 59.2 Å². The Labute approximate surface area is 221 Å². The van der Waals surface area contributed by atoms with Gasteiger partial charge < -0.3 is 25.3 Å². The Morgan fingerprint density at radius 2 is 1.86 bits per heavy atom. The number of ether oxygens (including phenoxy) is 1. The molecular weight excluding hydrogens is 484 g/mol. The van der Waals surface area contributed by atoms with Crippen LogP contribution in [0.2, 0.25) is 0 Å². The summed E-state index contributed by atoms with van der Waals surface area (Å²) in [6.07, 6.45) is 7.08. The maximum atomic E-state index is 12.1. The summed E-state index contributed by atoms with van der Waals surface area (Å²) in [4.78, 5) is 28.1. The number of carbonyl (C=O) groups excluding carboxylic acids is 1. The van der Waals surface area contributed by atoms with Crippen molar-refractivity contribution in [3.05, 3.63) is 52.7 Å². The number of primary amides is 1. The number of rotatable bonds is 6. The highest BCUT2D eigenvalue weighted by Gasteiger charge is 2.32. The van der Waals surface area contributed by atoms with Crippen molar-refractivity contribution < 1.29 is 9.53 Å². The number of H-pyrrole nitrogens is 1. The van der Waals surface area contributed by atoms with Gasteiger partial charge in [-0.25, -0.2) is 0 Å². The molecule has 0 radical (unpaired) electrons. The number of morpholine rings is 1. The molecule has 0 atom stereocenters. The van der Waals surface area contributed by atoms with Gasteiger partial charge in [0.05, 0.1) is 32.1 Å². The van der Waals surface area contributed by atoms with E-state index in [1.807, 2.05) is 29.7 Å². The highest BCUT2D eigenvalue weighted by molar-refractivity contribution is 7.15. The lowest BCUT2D eigenvalue weighted by molar-refractivity contribution is 0.0614. The minimum Gasteiger partial charge on any atom is -0.378 e. The molecule has 0 spiro atoms. The molecule has 2 saturated heterocycles. The van der Waals surface area contributed by atoms with E-state index >= 15 is 0 Å². The first-order valence-corrected chi connectivity index (χ1v) is 14.2. The highest BCUT2D eigenvalue weighted by Crippen LogP contribution is 2.42. The molecule has 37 heavy (non-hydrogen) atoms. The first kappa shape index (κ1) is 23.3. The van der Waals surface area contributed by atoms with Crippen LogP contribution in [-0.2, 0) is 11.3 Å². The van der Waals surface area contributed by atoms with Gasteiger partial charge in [0.1, 0.15) is 0 Å². The Morgan fingerprint density at radius 3 is 2.62 bits per heavy atom. The van der Waals surface area contributed by atoms with Gasteiger partial charge in [-0.3, -0.25) is 14.6 Å². The largest absolute Gasteiger partial charge is 0.378 e. The Kier molecular flexibility index (Phi) is 5.96. The minimum atomic E-state index is -0.402. The number of carbonyl (C=O) groups is 1. The van der Waals surface area contributed by atoms with Gasteiger partial charge >= 0.3 is 0 Å². The van der Waals surface area contributed by atoms with Crippen LogP contribution in [-0.4, -0.2) is 95.7 Å². The Morgan fingerprint density at radius 1 is 1.05 bits per heavy atom. The maximum absolute atomic E-state index is 12.1. The van der Waals surface area contributed by atoms with E-state index in [-0.39, 0.29) is 0 Å². The van der Waals surface area contributed by atoms with Gasteiger partial charge in [-0.2, -0.15) is 0 Å². The maximum Gasteiger partial charge on any atom is 0.248 e. The summed E-state index contributed by atoms with van der Waals surface area (Å²) in [6, 6.07) is 9.06. The van der Waals surface area contributed by atoms with Crippen LogP contribution in [0.4, 0.5) is 0 Å². The zero-order valence-electron chi connectivity index (χ0n) is 21.1. The summed E-state index contributed by atoms with van der Waals surface area (Å²) in [5, 5.41) is 1.12. The average Bonchev–Trinajstić information content (AvgIpc) is 3.50. The second-order valence-electron chi connectivity index (χ2n) is 10.7.